The first-order valence-electron chi connectivity index (χ1n) is 7.28. The van der Waals surface area contributed by atoms with Gasteiger partial charge in [0, 0.05) is 22.7 Å². The van der Waals surface area contributed by atoms with Crippen molar-refractivity contribution in [2.45, 2.75) is 12.8 Å². The zero-order chi connectivity index (χ0) is 15.4. The van der Waals surface area contributed by atoms with E-state index in [0.29, 0.717) is 13.0 Å². The SMILES string of the molecule is O=C(Cc1ccc2[nH]ccc2c1)NCCc1ccc(Br)cc1. The van der Waals surface area contributed by atoms with E-state index in [4.69, 9.17) is 0 Å². The number of carbonyl (C=O) groups is 1. The van der Waals surface area contributed by atoms with Crippen molar-refractivity contribution in [2.75, 3.05) is 6.54 Å². The highest BCUT2D eigenvalue weighted by molar-refractivity contribution is 9.10. The van der Waals surface area contributed by atoms with Crippen LogP contribution in [0.5, 0.6) is 0 Å². The fraction of sp³-hybridized carbons (Fsp3) is 0.167. The highest BCUT2D eigenvalue weighted by atomic mass is 79.9. The lowest BCUT2D eigenvalue weighted by Crippen LogP contribution is -2.27. The summed E-state index contributed by atoms with van der Waals surface area (Å²) in [5.74, 6) is 0.0620. The number of aromatic amines is 1. The van der Waals surface area contributed by atoms with E-state index in [-0.39, 0.29) is 5.91 Å². The molecule has 0 aliphatic heterocycles. The summed E-state index contributed by atoms with van der Waals surface area (Å²) >= 11 is 3.42. The number of hydrogen-bond donors (Lipinski definition) is 2. The van der Waals surface area contributed by atoms with Crippen molar-refractivity contribution >= 4 is 32.7 Å². The van der Waals surface area contributed by atoms with Gasteiger partial charge in [-0.3, -0.25) is 4.79 Å². The molecule has 0 aliphatic rings. The molecule has 3 nitrogen and oxygen atoms in total. The number of hydrogen-bond acceptors (Lipinski definition) is 1. The molecular weight excluding hydrogens is 340 g/mol. The Morgan fingerprint density at radius 2 is 1.82 bits per heavy atom. The second-order valence-corrected chi connectivity index (χ2v) is 6.22. The van der Waals surface area contributed by atoms with Crippen LogP contribution in [0.4, 0.5) is 0 Å². The highest BCUT2D eigenvalue weighted by Crippen LogP contribution is 2.14. The summed E-state index contributed by atoms with van der Waals surface area (Å²) in [5, 5.41) is 4.12. The van der Waals surface area contributed by atoms with E-state index >= 15 is 0 Å². The standard InChI is InChI=1S/C18H17BrN2O/c19-16-4-1-13(2-5-16)7-9-21-18(22)12-14-3-6-17-15(11-14)8-10-20-17/h1-6,8,10-11,20H,7,9,12H2,(H,21,22). The van der Waals surface area contributed by atoms with Crippen molar-refractivity contribution < 1.29 is 4.79 Å². The van der Waals surface area contributed by atoms with Gasteiger partial charge < -0.3 is 10.3 Å². The van der Waals surface area contributed by atoms with Crippen LogP contribution < -0.4 is 5.32 Å². The van der Waals surface area contributed by atoms with Crippen LogP contribution in [0.25, 0.3) is 10.9 Å². The molecule has 0 bridgehead atoms. The maximum absolute atomic E-state index is 12.0. The third-order valence-electron chi connectivity index (χ3n) is 3.63. The topological polar surface area (TPSA) is 44.9 Å². The van der Waals surface area contributed by atoms with Crippen LogP contribution in [-0.2, 0) is 17.6 Å². The van der Waals surface area contributed by atoms with Crippen molar-refractivity contribution in [2.24, 2.45) is 0 Å². The van der Waals surface area contributed by atoms with Gasteiger partial charge in [-0.25, -0.2) is 0 Å². The van der Waals surface area contributed by atoms with Crippen LogP contribution in [0, 0.1) is 0 Å². The predicted molar refractivity (Wildman–Crippen MR) is 92.9 cm³/mol. The third-order valence-corrected chi connectivity index (χ3v) is 4.16. The number of carbonyl (C=O) groups excluding carboxylic acids is 1. The van der Waals surface area contributed by atoms with Crippen LogP contribution in [-0.4, -0.2) is 17.4 Å². The number of halogens is 1. The lowest BCUT2D eigenvalue weighted by atomic mass is 10.1. The first kappa shape index (κ1) is 14.9. The minimum atomic E-state index is 0.0620. The fourth-order valence-corrected chi connectivity index (χ4v) is 2.72. The van der Waals surface area contributed by atoms with Gasteiger partial charge in [0.1, 0.15) is 0 Å². The van der Waals surface area contributed by atoms with Gasteiger partial charge in [0.2, 0.25) is 5.91 Å². The smallest absolute Gasteiger partial charge is 0.224 e. The molecule has 0 saturated heterocycles. The molecule has 0 saturated carbocycles. The Labute approximate surface area is 137 Å². The molecule has 1 aromatic heterocycles. The summed E-state index contributed by atoms with van der Waals surface area (Å²) in [6, 6.07) is 16.2. The number of aromatic nitrogens is 1. The molecule has 0 radical (unpaired) electrons. The Morgan fingerprint density at radius 3 is 2.64 bits per heavy atom. The lowest BCUT2D eigenvalue weighted by molar-refractivity contribution is -0.120. The number of benzene rings is 2. The van der Waals surface area contributed by atoms with Gasteiger partial charge in [0.15, 0.2) is 0 Å². The maximum atomic E-state index is 12.0. The van der Waals surface area contributed by atoms with Gasteiger partial charge in [-0.1, -0.05) is 34.1 Å². The summed E-state index contributed by atoms with van der Waals surface area (Å²) in [6.07, 6.45) is 3.17. The molecule has 2 N–H and O–H groups in total. The molecule has 3 rings (SSSR count). The van der Waals surface area contributed by atoms with E-state index in [1.807, 2.05) is 36.5 Å². The van der Waals surface area contributed by atoms with Gasteiger partial charge >= 0.3 is 0 Å². The van der Waals surface area contributed by atoms with E-state index in [2.05, 4.69) is 44.4 Å². The summed E-state index contributed by atoms with van der Waals surface area (Å²) in [5.41, 5.74) is 3.35. The molecule has 22 heavy (non-hydrogen) atoms. The molecular formula is C18H17BrN2O. The van der Waals surface area contributed by atoms with Crippen molar-refractivity contribution in [3.63, 3.8) is 0 Å². The van der Waals surface area contributed by atoms with E-state index in [0.717, 1.165) is 27.4 Å². The molecule has 2 aromatic carbocycles. The van der Waals surface area contributed by atoms with E-state index in [1.165, 1.54) is 5.56 Å². The van der Waals surface area contributed by atoms with Crippen LogP contribution in [0.3, 0.4) is 0 Å². The first-order chi connectivity index (χ1) is 10.7. The Balaban J connectivity index is 1.50. The van der Waals surface area contributed by atoms with Crippen LogP contribution >= 0.6 is 15.9 Å². The second kappa shape index (κ2) is 6.79. The third kappa shape index (κ3) is 3.77. The van der Waals surface area contributed by atoms with Crippen molar-refractivity contribution in [3.8, 4) is 0 Å². The molecule has 0 fully saturated rings. The normalized spacial score (nSPS) is 10.8. The molecule has 3 aromatic rings. The Kier molecular flexibility index (Phi) is 4.59. The highest BCUT2D eigenvalue weighted by Gasteiger charge is 2.04. The average molecular weight is 357 g/mol. The van der Waals surface area contributed by atoms with E-state index in [9.17, 15) is 4.79 Å². The summed E-state index contributed by atoms with van der Waals surface area (Å²) < 4.78 is 1.07. The van der Waals surface area contributed by atoms with Crippen molar-refractivity contribution in [3.05, 3.63) is 70.3 Å². The Morgan fingerprint density at radius 1 is 1.05 bits per heavy atom. The monoisotopic (exact) mass is 356 g/mol. The molecule has 0 aliphatic carbocycles. The van der Waals surface area contributed by atoms with Gasteiger partial charge in [-0.2, -0.15) is 0 Å². The number of amides is 1. The van der Waals surface area contributed by atoms with Crippen molar-refractivity contribution in [1.29, 1.82) is 0 Å². The molecule has 0 unspecified atom stereocenters. The minimum Gasteiger partial charge on any atom is -0.361 e. The van der Waals surface area contributed by atoms with Crippen LogP contribution in [0.15, 0.2) is 59.2 Å². The quantitative estimate of drug-likeness (QED) is 0.716. The van der Waals surface area contributed by atoms with Gasteiger partial charge in [0.05, 0.1) is 6.42 Å². The largest absolute Gasteiger partial charge is 0.361 e. The fourth-order valence-electron chi connectivity index (χ4n) is 2.46. The predicted octanol–water partition coefficient (Wildman–Crippen LogP) is 3.83. The minimum absolute atomic E-state index is 0.0620. The molecule has 112 valence electrons. The molecule has 0 atom stereocenters. The summed E-state index contributed by atoms with van der Waals surface area (Å²) in [6.45, 7) is 0.660. The number of nitrogens with one attached hydrogen (secondary N) is 2. The number of fused-ring (bicyclic) bond motifs is 1. The number of rotatable bonds is 5. The molecule has 0 spiro atoms. The van der Waals surface area contributed by atoms with Gasteiger partial charge in [-0.15, -0.1) is 0 Å². The Bertz CT molecular complexity index is 777. The zero-order valence-electron chi connectivity index (χ0n) is 12.1. The van der Waals surface area contributed by atoms with Crippen LogP contribution in [0.2, 0.25) is 0 Å². The summed E-state index contributed by atoms with van der Waals surface area (Å²) in [7, 11) is 0. The number of H-pyrrole nitrogens is 1. The van der Waals surface area contributed by atoms with Gasteiger partial charge in [-0.05, 0) is 53.3 Å². The molecule has 1 amide bonds. The summed E-state index contributed by atoms with van der Waals surface area (Å²) in [4.78, 5) is 15.2. The van der Waals surface area contributed by atoms with Crippen LogP contribution in [0.1, 0.15) is 11.1 Å². The zero-order valence-corrected chi connectivity index (χ0v) is 13.7. The molecule has 1 heterocycles. The van der Waals surface area contributed by atoms with E-state index in [1.54, 1.807) is 0 Å². The maximum Gasteiger partial charge on any atom is 0.224 e. The molecule has 4 heteroatoms. The van der Waals surface area contributed by atoms with E-state index < -0.39 is 0 Å². The Hall–Kier alpha value is -2.07. The average Bonchev–Trinajstić information content (AvgIpc) is 2.97. The lowest BCUT2D eigenvalue weighted by Gasteiger charge is -2.06. The second-order valence-electron chi connectivity index (χ2n) is 5.30. The first-order valence-corrected chi connectivity index (χ1v) is 8.07. The van der Waals surface area contributed by atoms with Crippen molar-refractivity contribution in [1.82, 2.24) is 10.3 Å². The van der Waals surface area contributed by atoms with Gasteiger partial charge in [0.25, 0.3) is 0 Å².